The van der Waals surface area contributed by atoms with Gasteiger partial charge >= 0.3 is 6.18 Å². The molecule has 2 heterocycles. The molecular formula is C13H10F3N7. The van der Waals surface area contributed by atoms with Gasteiger partial charge in [0.05, 0.1) is 5.56 Å². The van der Waals surface area contributed by atoms with E-state index in [4.69, 9.17) is 17.2 Å². The number of nitrogens with two attached hydrogens (primary N) is 3. The SMILES string of the molecule is Nc1nc(N)c2nc(-c3ccccc3C(F)(F)F)c(N)nc2n1. The number of nitrogens with zero attached hydrogens (tertiary/aromatic N) is 4. The van der Waals surface area contributed by atoms with Gasteiger partial charge in [0, 0.05) is 5.56 Å². The smallest absolute Gasteiger partial charge is 0.382 e. The van der Waals surface area contributed by atoms with Crippen molar-refractivity contribution >= 4 is 28.7 Å². The standard InChI is InChI=1S/C13H10F3N7/c14-13(15,16)6-4-2-1-3-5(6)7-9(17)21-11-8(20-7)10(18)22-12(19)23-11/h1-4H,(H6,17,18,19,21,22,23). The van der Waals surface area contributed by atoms with Gasteiger partial charge in [-0.15, -0.1) is 0 Å². The van der Waals surface area contributed by atoms with E-state index in [-0.39, 0.29) is 40.0 Å². The molecule has 0 fully saturated rings. The number of benzene rings is 1. The van der Waals surface area contributed by atoms with Crippen molar-refractivity contribution in [2.75, 3.05) is 17.2 Å². The second kappa shape index (κ2) is 4.93. The predicted molar refractivity (Wildman–Crippen MR) is 78.8 cm³/mol. The van der Waals surface area contributed by atoms with Crippen LogP contribution in [0.1, 0.15) is 5.56 Å². The van der Waals surface area contributed by atoms with Crippen molar-refractivity contribution < 1.29 is 13.2 Å². The highest BCUT2D eigenvalue weighted by molar-refractivity contribution is 5.87. The first-order valence-electron chi connectivity index (χ1n) is 6.30. The molecule has 6 N–H and O–H groups in total. The van der Waals surface area contributed by atoms with Crippen molar-refractivity contribution in [3.63, 3.8) is 0 Å². The zero-order valence-corrected chi connectivity index (χ0v) is 11.5. The van der Waals surface area contributed by atoms with E-state index in [1.165, 1.54) is 18.2 Å². The third kappa shape index (κ3) is 2.54. The van der Waals surface area contributed by atoms with Gasteiger partial charge in [-0.25, -0.2) is 9.97 Å². The molecule has 0 amide bonds. The summed E-state index contributed by atoms with van der Waals surface area (Å²) in [5, 5.41) is 0. The maximum Gasteiger partial charge on any atom is 0.417 e. The molecule has 7 nitrogen and oxygen atoms in total. The van der Waals surface area contributed by atoms with Gasteiger partial charge in [0.1, 0.15) is 5.69 Å². The number of hydrogen-bond donors (Lipinski definition) is 3. The number of nitrogen functional groups attached to an aromatic ring is 3. The first kappa shape index (κ1) is 14.8. The van der Waals surface area contributed by atoms with Gasteiger partial charge in [-0.05, 0) is 6.07 Å². The fourth-order valence-electron chi connectivity index (χ4n) is 2.13. The summed E-state index contributed by atoms with van der Waals surface area (Å²) in [5.41, 5.74) is 15.7. The van der Waals surface area contributed by atoms with Crippen LogP contribution < -0.4 is 17.2 Å². The largest absolute Gasteiger partial charge is 0.417 e. The average Bonchev–Trinajstić information content (AvgIpc) is 2.45. The number of hydrogen-bond acceptors (Lipinski definition) is 7. The van der Waals surface area contributed by atoms with Crippen molar-refractivity contribution in [3.05, 3.63) is 29.8 Å². The van der Waals surface area contributed by atoms with Crippen molar-refractivity contribution in [2.24, 2.45) is 0 Å². The van der Waals surface area contributed by atoms with Crippen LogP contribution in [0.3, 0.4) is 0 Å². The monoisotopic (exact) mass is 321 g/mol. The van der Waals surface area contributed by atoms with E-state index in [9.17, 15) is 13.2 Å². The van der Waals surface area contributed by atoms with Crippen LogP contribution in [0.2, 0.25) is 0 Å². The summed E-state index contributed by atoms with van der Waals surface area (Å²) in [6, 6.07) is 4.90. The van der Waals surface area contributed by atoms with E-state index in [0.29, 0.717) is 0 Å². The van der Waals surface area contributed by atoms with Crippen LogP contribution in [-0.4, -0.2) is 19.9 Å². The third-order valence-electron chi connectivity index (χ3n) is 3.09. The Morgan fingerprint density at radius 2 is 1.52 bits per heavy atom. The molecule has 0 saturated carbocycles. The van der Waals surface area contributed by atoms with E-state index in [1.54, 1.807) is 0 Å². The Hall–Kier alpha value is -3.17. The van der Waals surface area contributed by atoms with E-state index < -0.39 is 11.7 Å². The van der Waals surface area contributed by atoms with Gasteiger partial charge in [0.2, 0.25) is 5.95 Å². The summed E-state index contributed by atoms with van der Waals surface area (Å²) >= 11 is 0. The maximum atomic E-state index is 13.2. The summed E-state index contributed by atoms with van der Waals surface area (Å²) in [5.74, 6) is -0.440. The molecule has 118 valence electrons. The van der Waals surface area contributed by atoms with E-state index in [1.807, 2.05) is 0 Å². The number of anilines is 3. The minimum absolute atomic E-state index is 0.0146. The minimum Gasteiger partial charge on any atom is -0.382 e. The van der Waals surface area contributed by atoms with Crippen LogP contribution in [0, 0.1) is 0 Å². The highest BCUT2D eigenvalue weighted by Crippen LogP contribution is 2.38. The van der Waals surface area contributed by atoms with Crippen LogP contribution in [0.4, 0.5) is 30.8 Å². The summed E-state index contributed by atoms with van der Waals surface area (Å²) in [4.78, 5) is 15.5. The minimum atomic E-state index is -4.57. The second-order valence-electron chi connectivity index (χ2n) is 4.64. The topological polar surface area (TPSA) is 130 Å². The summed E-state index contributed by atoms with van der Waals surface area (Å²) < 4.78 is 39.5. The quantitative estimate of drug-likeness (QED) is 0.623. The molecule has 0 spiro atoms. The van der Waals surface area contributed by atoms with Gasteiger partial charge in [-0.2, -0.15) is 23.1 Å². The number of halogens is 3. The zero-order valence-electron chi connectivity index (χ0n) is 11.5. The number of aromatic nitrogens is 4. The fraction of sp³-hybridized carbons (Fsp3) is 0.0769. The van der Waals surface area contributed by atoms with Crippen LogP contribution in [0.5, 0.6) is 0 Å². The summed E-state index contributed by atoms with van der Waals surface area (Å²) in [6.45, 7) is 0. The summed E-state index contributed by atoms with van der Waals surface area (Å²) in [6.07, 6.45) is -4.57. The van der Waals surface area contributed by atoms with Crippen molar-refractivity contribution in [3.8, 4) is 11.3 Å². The molecular weight excluding hydrogens is 311 g/mol. The maximum absolute atomic E-state index is 13.2. The first-order valence-corrected chi connectivity index (χ1v) is 6.30. The van der Waals surface area contributed by atoms with Crippen molar-refractivity contribution in [1.29, 1.82) is 0 Å². The Labute approximate surface area is 127 Å². The van der Waals surface area contributed by atoms with E-state index in [2.05, 4.69) is 19.9 Å². The van der Waals surface area contributed by atoms with Crippen molar-refractivity contribution in [2.45, 2.75) is 6.18 Å². The lowest BCUT2D eigenvalue weighted by molar-refractivity contribution is -0.137. The Morgan fingerprint density at radius 1 is 0.826 bits per heavy atom. The Morgan fingerprint density at radius 3 is 2.22 bits per heavy atom. The van der Waals surface area contributed by atoms with Crippen LogP contribution in [0.15, 0.2) is 24.3 Å². The molecule has 10 heteroatoms. The molecule has 3 rings (SSSR count). The molecule has 23 heavy (non-hydrogen) atoms. The lowest BCUT2D eigenvalue weighted by Crippen LogP contribution is -2.10. The third-order valence-corrected chi connectivity index (χ3v) is 3.09. The van der Waals surface area contributed by atoms with Crippen LogP contribution in [-0.2, 0) is 6.18 Å². The number of alkyl halides is 3. The van der Waals surface area contributed by atoms with Gasteiger partial charge in [-0.1, -0.05) is 18.2 Å². The predicted octanol–water partition coefficient (Wildman–Crippen LogP) is 1.85. The lowest BCUT2D eigenvalue weighted by atomic mass is 10.0. The molecule has 3 aromatic rings. The molecule has 1 aromatic carbocycles. The van der Waals surface area contributed by atoms with Gasteiger partial charge < -0.3 is 17.2 Å². The fourth-order valence-corrected chi connectivity index (χ4v) is 2.13. The molecule has 0 bridgehead atoms. The normalized spacial score (nSPS) is 11.8. The summed E-state index contributed by atoms with van der Waals surface area (Å²) in [7, 11) is 0. The first-order chi connectivity index (χ1) is 10.8. The lowest BCUT2D eigenvalue weighted by Gasteiger charge is -2.13. The van der Waals surface area contributed by atoms with Crippen molar-refractivity contribution in [1.82, 2.24) is 19.9 Å². The zero-order chi connectivity index (χ0) is 16.8. The highest BCUT2D eigenvalue weighted by Gasteiger charge is 2.34. The Kier molecular flexibility index (Phi) is 3.17. The average molecular weight is 321 g/mol. The molecule has 0 saturated heterocycles. The Bertz CT molecular complexity index is 908. The van der Waals surface area contributed by atoms with Gasteiger partial charge in [0.15, 0.2) is 22.8 Å². The van der Waals surface area contributed by atoms with Gasteiger partial charge in [0.25, 0.3) is 0 Å². The molecule has 0 aliphatic heterocycles. The van der Waals surface area contributed by atoms with E-state index in [0.717, 1.165) is 6.07 Å². The second-order valence-corrected chi connectivity index (χ2v) is 4.64. The molecule has 0 aliphatic rings. The number of fused-ring (bicyclic) bond motifs is 1. The molecule has 0 aliphatic carbocycles. The molecule has 2 aromatic heterocycles. The van der Waals surface area contributed by atoms with E-state index >= 15 is 0 Å². The van der Waals surface area contributed by atoms with Crippen LogP contribution in [0.25, 0.3) is 22.4 Å². The molecule has 0 unspecified atom stereocenters. The van der Waals surface area contributed by atoms with Crippen LogP contribution >= 0.6 is 0 Å². The van der Waals surface area contributed by atoms with Gasteiger partial charge in [-0.3, -0.25) is 0 Å². The highest BCUT2D eigenvalue weighted by atomic mass is 19.4. The molecule has 0 radical (unpaired) electrons. The number of rotatable bonds is 1. The molecule has 0 atom stereocenters. The Balaban J connectivity index is 2.32.